The second-order valence-corrected chi connectivity index (χ2v) is 3.35. The van der Waals surface area contributed by atoms with E-state index in [1.54, 1.807) is 0 Å². The molecule has 78 valence electrons. The predicted molar refractivity (Wildman–Crippen MR) is 48.3 cm³/mol. The standard InChI is InChI=1S/C10H7F2NO2/c1-4-7-5(11)2-3-6(12)8(7)10(14)9(4)13-15/h2-4,15H,1H3. The van der Waals surface area contributed by atoms with E-state index in [9.17, 15) is 13.6 Å². The highest BCUT2D eigenvalue weighted by Gasteiger charge is 2.38. The average Bonchev–Trinajstić information content (AvgIpc) is 2.46. The van der Waals surface area contributed by atoms with E-state index in [1.807, 2.05) is 0 Å². The van der Waals surface area contributed by atoms with Gasteiger partial charge in [-0.1, -0.05) is 12.1 Å². The predicted octanol–water partition coefficient (Wildman–Crippen LogP) is 2.09. The number of ketones is 1. The Morgan fingerprint density at radius 2 is 1.93 bits per heavy atom. The number of Topliss-reactive ketones (excluding diaryl/α,β-unsaturated/α-hetero) is 1. The smallest absolute Gasteiger partial charge is 0.214 e. The molecular weight excluding hydrogens is 204 g/mol. The van der Waals surface area contributed by atoms with Crippen molar-refractivity contribution in [1.29, 1.82) is 0 Å². The quantitative estimate of drug-likeness (QED) is 0.527. The van der Waals surface area contributed by atoms with E-state index in [1.165, 1.54) is 6.92 Å². The highest BCUT2D eigenvalue weighted by molar-refractivity contribution is 6.50. The summed E-state index contributed by atoms with van der Waals surface area (Å²) in [6.45, 7) is 1.49. The van der Waals surface area contributed by atoms with Crippen molar-refractivity contribution in [2.45, 2.75) is 12.8 Å². The van der Waals surface area contributed by atoms with Crippen molar-refractivity contribution in [3.8, 4) is 0 Å². The summed E-state index contributed by atoms with van der Waals surface area (Å²) in [7, 11) is 0. The van der Waals surface area contributed by atoms with Crippen LogP contribution in [0.5, 0.6) is 0 Å². The Hall–Kier alpha value is -1.78. The highest BCUT2D eigenvalue weighted by atomic mass is 19.1. The van der Waals surface area contributed by atoms with E-state index >= 15 is 0 Å². The third kappa shape index (κ3) is 1.16. The number of rotatable bonds is 0. The summed E-state index contributed by atoms with van der Waals surface area (Å²) in [4.78, 5) is 11.5. The molecule has 3 nitrogen and oxygen atoms in total. The lowest BCUT2D eigenvalue weighted by atomic mass is 10.0. The summed E-state index contributed by atoms with van der Waals surface area (Å²) in [6.07, 6.45) is 0. The van der Waals surface area contributed by atoms with Crippen molar-refractivity contribution in [1.82, 2.24) is 0 Å². The van der Waals surface area contributed by atoms with Gasteiger partial charge in [0.15, 0.2) is 0 Å². The molecular formula is C10H7F2NO2. The van der Waals surface area contributed by atoms with Crippen LogP contribution in [0.4, 0.5) is 8.78 Å². The lowest BCUT2D eigenvalue weighted by molar-refractivity contribution is 0.106. The summed E-state index contributed by atoms with van der Waals surface area (Å²) in [6, 6.07) is 1.84. The van der Waals surface area contributed by atoms with Crippen LogP contribution in [0.15, 0.2) is 17.3 Å². The number of oxime groups is 1. The summed E-state index contributed by atoms with van der Waals surface area (Å²) in [5, 5.41) is 11.4. The second kappa shape index (κ2) is 3.12. The van der Waals surface area contributed by atoms with Crippen LogP contribution in [0.25, 0.3) is 0 Å². The van der Waals surface area contributed by atoms with Crippen LogP contribution < -0.4 is 0 Å². The molecule has 0 amide bonds. The first-order valence-electron chi connectivity index (χ1n) is 4.32. The van der Waals surface area contributed by atoms with Gasteiger partial charge in [0.1, 0.15) is 17.3 Å². The number of carbonyl (C=O) groups is 1. The number of halogens is 2. The highest BCUT2D eigenvalue weighted by Crippen LogP contribution is 2.34. The fraction of sp³-hybridized carbons (Fsp3) is 0.200. The molecule has 0 bridgehead atoms. The number of fused-ring (bicyclic) bond motifs is 1. The third-order valence-electron chi connectivity index (χ3n) is 2.55. The molecule has 1 aliphatic carbocycles. The molecule has 0 radical (unpaired) electrons. The van der Waals surface area contributed by atoms with Gasteiger partial charge in [0.05, 0.1) is 5.56 Å². The van der Waals surface area contributed by atoms with Crippen molar-refractivity contribution in [3.05, 3.63) is 34.9 Å². The molecule has 1 atom stereocenters. The van der Waals surface area contributed by atoms with Gasteiger partial charge in [-0.3, -0.25) is 4.79 Å². The third-order valence-corrected chi connectivity index (χ3v) is 2.55. The van der Waals surface area contributed by atoms with Crippen LogP contribution >= 0.6 is 0 Å². The molecule has 0 saturated carbocycles. The molecule has 1 N–H and O–H groups in total. The van der Waals surface area contributed by atoms with Crippen molar-refractivity contribution in [2.24, 2.45) is 5.16 Å². The summed E-state index contributed by atoms with van der Waals surface area (Å²) in [5.41, 5.74) is -0.586. The van der Waals surface area contributed by atoms with Crippen molar-refractivity contribution >= 4 is 11.5 Å². The molecule has 1 aliphatic rings. The van der Waals surface area contributed by atoms with Gasteiger partial charge in [0.25, 0.3) is 0 Å². The van der Waals surface area contributed by atoms with Crippen LogP contribution in [0.3, 0.4) is 0 Å². The number of carbonyl (C=O) groups excluding carboxylic acids is 1. The molecule has 1 aromatic rings. The Kier molecular flexibility index (Phi) is 2.03. The molecule has 15 heavy (non-hydrogen) atoms. The Bertz CT molecular complexity index is 483. The van der Waals surface area contributed by atoms with Gasteiger partial charge in [-0.15, -0.1) is 0 Å². The van der Waals surface area contributed by atoms with Crippen LogP contribution in [-0.4, -0.2) is 16.7 Å². The summed E-state index contributed by atoms with van der Waals surface area (Å²) >= 11 is 0. The Labute approximate surface area is 84.0 Å². The minimum atomic E-state index is -0.790. The molecule has 1 aromatic carbocycles. The average molecular weight is 211 g/mol. The second-order valence-electron chi connectivity index (χ2n) is 3.35. The SMILES string of the molecule is CC1C(=NO)C(=O)c2c(F)ccc(F)c21. The van der Waals surface area contributed by atoms with E-state index in [-0.39, 0.29) is 16.8 Å². The largest absolute Gasteiger partial charge is 0.411 e. The van der Waals surface area contributed by atoms with E-state index in [0.29, 0.717) is 0 Å². The fourth-order valence-corrected chi connectivity index (χ4v) is 1.82. The molecule has 0 fully saturated rings. The van der Waals surface area contributed by atoms with Crippen LogP contribution in [0.2, 0.25) is 0 Å². The van der Waals surface area contributed by atoms with Gasteiger partial charge in [0, 0.05) is 11.5 Å². The molecule has 2 rings (SSSR count). The summed E-state index contributed by atoms with van der Waals surface area (Å²) in [5.74, 6) is -2.92. The lowest BCUT2D eigenvalue weighted by Crippen LogP contribution is -2.11. The first-order valence-corrected chi connectivity index (χ1v) is 4.32. The fourth-order valence-electron chi connectivity index (χ4n) is 1.82. The Morgan fingerprint density at radius 1 is 1.33 bits per heavy atom. The maximum atomic E-state index is 13.3. The number of nitrogens with zero attached hydrogens (tertiary/aromatic N) is 1. The zero-order valence-corrected chi connectivity index (χ0v) is 7.79. The zero-order chi connectivity index (χ0) is 11.2. The van der Waals surface area contributed by atoms with E-state index in [2.05, 4.69) is 5.16 Å². The van der Waals surface area contributed by atoms with Crippen molar-refractivity contribution in [2.75, 3.05) is 0 Å². The van der Waals surface area contributed by atoms with Crippen LogP contribution in [0.1, 0.15) is 28.8 Å². The minimum Gasteiger partial charge on any atom is -0.411 e. The molecule has 0 aliphatic heterocycles. The first-order chi connectivity index (χ1) is 7.07. The van der Waals surface area contributed by atoms with Gasteiger partial charge in [-0.2, -0.15) is 0 Å². The number of hydrogen-bond donors (Lipinski definition) is 1. The van der Waals surface area contributed by atoms with Crippen LogP contribution in [0, 0.1) is 11.6 Å². The van der Waals surface area contributed by atoms with Gasteiger partial charge in [0.2, 0.25) is 5.78 Å². The number of hydrogen-bond acceptors (Lipinski definition) is 3. The summed E-state index contributed by atoms with van der Waals surface area (Å²) < 4.78 is 26.6. The maximum absolute atomic E-state index is 13.3. The van der Waals surface area contributed by atoms with E-state index in [0.717, 1.165) is 12.1 Å². The van der Waals surface area contributed by atoms with Gasteiger partial charge in [-0.05, 0) is 12.1 Å². The maximum Gasteiger partial charge on any atom is 0.214 e. The monoisotopic (exact) mass is 211 g/mol. The number of benzene rings is 1. The lowest BCUT2D eigenvalue weighted by Gasteiger charge is -2.04. The van der Waals surface area contributed by atoms with E-state index in [4.69, 9.17) is 5.21 Å². The minimum absolute atomic E-state index is 0.0344. The zero-order valence-electron chi connectivity index (χ0n) is 7.79. The molecule has 0 saturated heterocycles. The Morgan fingerprint density at radius 3 is 2.47 bits per heavy atom. The van der Waals surface area contributed by atoms with Crippen molar-refractivity contribution in [3.63, 3.8) is 0 Å². The topological polar surface area (TPSA) is 49.7 Å². The van der Waals surface area contributed by atoms with Crippen molar-refractivity contribution < 1.29 is 18.8 Å². The van der Waals surface area contributed by atoms with Gasteiger partial charge >= 0.3 is 0 Å². The van der Waals surface area contributed by atoms with Gasteiger partial charge in [-0.25, -0.2) is 8.78 Å². The molecule has 0 heterocycles. The molecule has 1 unspecified atom stereocenters. The normalized spacial score (nSPS) is 22.2. The Balaban J connectivity index is 2.77. The molecule has 0 spiro atoms. The van der Waals surface area contributed by atoms with E-state index < -0.39 is 23.3 Å². The molecule has 0 aromatic heterocycles. The molecule has 5 heteroatoms. The van der Waals surface area contributed by atoms with Crippen LogP contribution in [-0.2, 0) is 0 Å². The first kappa shape index (κ1) is 9.76. The van der Waals surface area contributed by atoms with Gasteiger partial charge < -0.3 is 5.21 Å².